The Morgan fingerprint density at radius 3 is 2.52 bits per heavy atom. The Bertz CT molecular complexity index is 1030. The maximum atomic E-state index is 13.1. The number of aromatic nitrogens is 3. The lowest BCUT2D eigenvalue weighted by Crippen LogP contribution is -2.23. The standard InChI is InChI=1S/C20H19F3N4O2/c21-20(22,23)16-10-9-14-18(25-16)27(13-7-4-8-13)19(24-14)26-17(29)11-15(28)12-5-2-1-3-6-12/h1-3,5-6,9-10,13,15,28H,4,7-8,11H2,(H,24,26,29)/t15-/m0/s1. The number of alkyl halides is 3. The lowest BCUT2D eigenvalue weighted by atomic mass is 9.93. The van der Waals surface area contributed by atoms with E-state index in [1.54, 1.807) is 34.9 Å². The normalized spacial score (nSPS) is 15.9. The van der Waals surface area contributed by atoms with Crippen LogP contribution in [-0.2, 0) is 11.0 Å². The second-order valence-corrected chi connectivity index (χ2v) is 7.11. The van der Waals surface area contributed by atoms with E-state index in [-0.39, 0.29) is 29.6 Å². The van der Waals surface area contributed by atoms with Crippen LogP contribution in [0.15, 0.2) is 42.5 Å². The van der Waals surface area contributed by atoms with Crippen LogP contribution in [0.1, 0.15) is 49.1 Å². The average molecular weight is 404 g/mol. The molecule has 9 heteroatoms. The molecule has 4 rings (SSSR count). The number of halogens is 3. The number of rotatable bonds is 5. The van der Waals surface area contributed by atoms with Gasteiger partial charge in [-0.3, -0.25) is 14.7 Å². The summed E-state index contributed by atoms with van der Waals surface area (Å²) in [5.74, 6) is -0.324. The first kappa shape index (κ1) is 19.4. The Morgan fingerprint density at radius 2 is 1.90 bits per heavy atom. The lowest BCUT2D eigenvalue weighted by Gasteiger charge is -2.28. The van der Waals surface area contributed by atoms with Crippen molar-refractivity contribution in [3.8, 4) is 0 Å². The fourth-order valence-electron chi connectivity index (χ4n) is 3.36. The van der Waals surface area contributed by atoms with E-state index in [4.69, 9.17) is 0 Å². The van der Waals surface area contributed by atoms with Crippen LogP contribution in [0.2, 0.25) is 0 Å². The van der Waals surface area contributed by atoms with Gasteiger partial charge in [0, 0.05) is 6.04 Å². The van der Waals surface area contributed by atoms with Crippen LogP contribution in [0.3, 0.4) is 0 Å². The maximum Gasteiger partial charge on any atom is 0.433 e. The second kappa shape index (κ2) is 7.47. The molecule has 2 heterocycles. The van der Waals surface area contributed by atoms with Gasteiger partial charge >= 0.3 is 6.18 Å². The van der Waals surface area contributed by atoms with Gasteiger partial charge in [-0.15, -0.1) is 0 Å². The highest BCUT2D eigenvalue weighted by atomic mass is 19.4. The number of hydrogen-bond donors (Lipinski definition) is 2. The van der Waals surface area contributed by atoms with Crippen LogP contribution < -0.4 is 5.32 Å². The minimum absolute atomic E-state index is 0.0645. The van der Waals surface area contributed by atoms with Gasteiger partial charge in [0.15, 0.2) is 5.65 Å². The summed E-state index contributed by atoms with van der Waals surface area (Å²) >= 11 is 0. The van der Waals surface area contributed by atoms with Crippen molar-refractivity contribution < 1.29 is 23.1 Å². The summed E-state index contributed by atoms with van der Waals surface area (Å²) in [6, 6.07) is 10.8. The molecule has 3 aromatic rings. The van der Waals surface area contributed by atoms with Crippen LogP contribution >= 0.6 is 0 Å². The Hall–Kier alpha value is -2.94. The number of amides is 1. The smallest absolute Gasteiger partial charge is 0.388 e. The molecule has 1 aliphatic carbocycles. The van der Waals surface area contributed by atoms with Crippen LogP contribution in [0.25, 0.3) is 11.2 Å². The first-order valence-corrected chi connectivity index (χ1v) is 9.32. The quantitative estimate of drug-likeness (QED) is 0.667. The largest absolute Gasteiger partial charge is 0.433 e. The monoisotopic (exact) mass is 404 g/mol. The van der Waals surface area contributed by atoms with Crippen molar-refractivity contribution >= 4 is 23.0 Å². The molecule has 1 fully saturated rings. The molecule has 0 bridgehead atoms. The molecule has 1 atom stereocenters. The second-order valence-electron chi connectivity index (χ2n) is 7.11. The topological polar surface area (TPSA) is 80.0 Å². The van der Waals surface area contributed by atoms with E-state index >= 15 is 0 Å². The van der Waals surface area contributed by atoms with E-state index in [0.29, 0.717) is 5.56 Å². The third-order valence-electron chi connectivity index (χ3n) is 5.08. The number of carbonyl (C=O) groups excluding carboxylic acids is 1. The van der Waals surface area contributed by atoms with E-state index in [1.165, 1.54) is 6.07 Å². The third kappa shape index (κ3) is 3.95. The lowest BCUT2D eigenvalue weighted by molar-refractivity contribution is -0.141. The first-order valence-electron chi connectivity index (χ1n) is 9.32. The minimum atomic E-state index is -4.56. The molecule has 2 N–H and O–H groups in total. The molecule has 0 unspecified atom stereocenters. The fourth-order valence-corrected chi connectivity index (χ4v) is 3.36. The Kier molecular flexibility index (Phi) is 4.99. The molecule has 0 radical (unpaired) electrons. The summed E-state index contributed by atoms with van der Waals surface area (Å²) in [5.41, 5.74) is -0.0123. The van der Waals surface area contributed by atoms with Gasteiger partial charge in [-0.1, -0.05) is 30.3 Å². The van der Waals surface area contributed by atoms with Crippen molar-refractivity contribution in [2.45, 2.75) is 44.0 Å². The summed E-state index contributed by atoms with van der Waals surface area (Å²) in [6.07, 6.45) is -3.25. The van der Waals surface area contributed by atoms with Gasteiger partial charge in [0.2, 0.25) is 11.9 Å². The molecular weight excluding hydrogens is 385 g/mol. The van der Waals surface area contributed by atoms with Crippen molar-refractivity contribution in [3.63, 3.8) is 0 Å². The summed E-state index contributed by atoms with van der Waals surface area (Å²) in [6.45, 7) is 0. The van der Waals surface area contributed by atoms with E-state index < -0.39 is 23.9 Å². The molecule has 2 aromatic heterocycles. The van der Waals surface area contributed by atoms with Crippen molar-refractivity contribution in [1.82, 2.24) is 14.5 Å². The third-order valence-corrected chi connectivity index (χ3v) is 5.08. The number of nitrogens with one attached hydrogen (secondary N) is 1. The first-order chi connectivity index (χ1) is 13.8. The molecule has 152 valence electrons. The number of nitrogens with zero attached hydrogens (tertiary/aromatic N) is 3. The maximum absolute atomic E-state index is 13.1. The number of carbonyl (C=O) groups is 1. The molecule has 1 amide bonds. The van der Waals surface area contributed by atoms with Crippen molar-refractivity contribution in [2.75, 3.05) is 5.32 Å². The minimum Gasteiger partial charge on any atom is -0.388 e. The molecule has 0 aliphatic heterocycles. The molecule has 1 aliphatic rings. The zero-order valence-corrected chi connectivity index (χ0v) is 15.4. The van der Waals surface area contributed by atoms with Crippen molar-refractivity contribution in [2.24, 2.45) is 0 Å². The molecule has 1 saturated carbocycles. The van der Waals surface area contributed by atoms with Gasteiger partial charge in [0.1, 0.15) is 11.2 Å². The number of imidazole rings is 1. The molecular formula is C20H19F3N4O2. The predicted molar refractivity (Wildman–Crippen MR) is 100 cm³/mol. The highest BCUT2D eigenvalue weighted by molar-refractivity contribution is 5.91. The van der Waals surface area contributed by atoms with Gasteiger partial charge in [0.05, 0.1) is 12.5 Å². The number of hydrogen-bond acceptors (Lipinski definition) is 4. The van der Waals surface area contributed by atoms with E-state index in [2.05, 4.69) is 15.3 Å². The van der Waals surface area contributed by atoms with Crippen LogP contribution in [0, 0.1) is 0 Å². The van der Waals surface area contributed by atoms with E-state index in [9.17, 15) is 23.1 Å². The highest BCUT2D eigenvalue weighted by Gasteiger charge is 2.34. The molecule has 6 nitrogen and oxygen atoms in total. The zero-order chi connectivity index (χ0) is 20.6. The van der Waals surface area contributed by atoms with Crippen molar-refractivity contribution in [1.29, 1.82) is 0 Å². The molecule has 1 aromatic carbocycles. The number of fused-ring (bicyclic) bond motifs is 1. The number of aliphatic hydroxyl groups is 1. The summed E-state index contributed by atoms with van der Waals surface area (Å²) in [7, 11) is 0. The average Bonchev–Trinajstić information content (AvgIpc) is 2.97. The van der Waals surface area contributed by atoms with Gasteiger partial charge in [0.25, 0.3) is 0 Å². The zero-order valence-electron chi connectivity index (χ0n) is 15.4. The summed E-state index contributed by atoms with van der Waals surface area (Å²) in [5, 5.41) is 12.9. The molecule has 0 spiro atoms. The Labute approximate surface area is 164 Å². The molecule has 0 saturated heterocycles. The fraction of sp³-hybridized carbons (Fsp3) is 0.350. The SMILES string of the molecule is O=C(C[C@H](O)c1ccccc1)Nc1nc2ccc(C(F)(F)F)nc2n1C1CCC1. The van der Waals surface area contributed by atoms with E-state index in [1.807, 2.05) is 0 Å². The van der Waals surface area contributed by atoms with Crippen LogP contribution in [0.5, 0.6) is 0 Å². The van der Waals surface area contributed by atoms with Crippen molar-refractivity contribution in [3.05, 3.63) is 53.7 Å². The summed E-state index contributed by atoms with van der Waals surface area (Å²) < 4.78 is 40.8. The molecule has 29 heavy (non-hydrogen) atoms. The number of benzene rings is 1. The Morgan fingerprint density at radius 1 is 1.17 bits per heavy atom. The van der Waals surface area contributed by atoms with Gasteiger partial charge in [-0.05, 0) is 37.0 Å². The highest BCUT2D eigenvalue weighted by Crippen LogP contribution is 2.38. The van der Waals surface area contributed by atoms with Crippen LogP contribution in [-0.4, -0.2) is 25.5 Å². The number of pyridine rings is 1. The van der Waals surface area contributed by atoms with Gasteiger partial charge in [-0.25, -0.2) is 9.97 Å². The van der Waals surface area contributed by atoms with E-state index in [0.717, 1.165) is 25.3 Å². The van der Waals surface area contributed by atoms with Gasteiger partial charge in [-0.2, -0.15) is 13.2 Å². The summed E-state index contributed by atoms with van der Waals surface area (Å²) in [4.78, 5) is 20.5. The van der Waals surface area contributed by atoms with Gasteiger partial charge < -0.3 is 5.11 Å². The number of aliphatic hydroxyl groups excluding tert-OH is 1. The van der Waals surface area contributed by atoms with Crippen LogP contribution in [0.4, 0.5) is 19.1 Å². The number of anilines is 1. The predicted octanol–water partition coefficient (Wildman–Crippen LogP) is 4.24. The Balaban J connectivity index is 1.61.